The first-order valence-corrected chi connectivity index (χ1v) is 8.70. The normalized spacial score (nSPS) is 20.4. The van der Waals surface area contributed by atoms with Gasteiger partial charge in [0.2, 0.25) is 0 Å². The predicted molar refractivity (Wildman–Crippen MR) is 101 cm³/mol. The number of carbonyl (C=O) groups is 1. The minimum atomic E-state index is -0.551. The van der Waals surface area contributed by atoms with Crippen molar-refractivity contribution in [2.24, 2.45) is 0 Å². The first-order valence-electron chi connectivity index (χ1n) is 8.70. The van der Waals surface area contributed by atoms with Crippen LogP contribution in [0.25, 0.3) is 11.7 Å². The minimum Gasteiger partial charge on any atom is -0.372 e. The largest absolute Gasteiger partial charge is 0.372 e. The first kappa shape index (κ1) is 18.6. The number of morpholine rings is 1. The van der Waals surface area contributed by atoms with Crippen LogP contribution in [0.1, 0.15) is 19.4 Å². The van der Waals surface area contributed by atoms with Crippen molar-refractivity contribution < 1.29 is 9.53 Å². The summed E-state index contributed by atoms with van der Waals surface area (Å²) in [6.45, 7) is 5.03. The highest BCUT2D eigenvalue weighted by molar-refractivity contribution is 6.02. The van der Waals surface area contributed by atoms with Gasteiger partial charge in [-0.2, -0.15) is 5.26 Å². The Labute approximate surface area is 156 Å². The third-order valence-corrected chi connectivity index (χ3v) is 4.35. The lowest BCUT2D eigenvalue weighted by Gasteiger charge is -2.36. The molecule has 1 N–H and O–H groups in total. The summed E-state index contributed by atoms with van der Waals surface area (Å²) in [6.07, 6.45) is 2.86. The van der Waals surface area contributed by atoms with Crippen molar-refractivity contribution >= 4 is 23.4 Å². The molecule has 8 heteroatoms. The fourth-order valence-electron chi connectivity index (χ4n) is 3.24. The molecule has 3 rings (SSSR count). The van der Waals surface area contributed by atoms with Gasteiger partial charge in [-0.1, -0.05) is 6.07 Å². The van der Waals surface area contributed by atoms with Gasteiger partial charge in [0.25, 0.3) is 11.5 Å². The molecule has 0 aliphatic carbocycles. The second-order valence-corrected chi connectivity index (χ2v) is 6.49. The smallest absolute Gasteiger partial charge is 0.267 e. The van der Waals surface area contributed by atoms with Crippen molar-refractivity contribution in [1.29, 1.82) is 5.26 Å². The number of aromatic nitrogens is 2. The molecular formula is C19H21N5O3. The van der Waals surface area contributed by atoms with Crippen LogP contribution in [-0.2, 0) is 9.53 Å². The number of rotatable bonds is 3. The molecule has 0 spiro atoms. The summed E-state index contributed by atoms with van der Waals surface area (Å²) in [5.74, 6) is -0.102. The third-order valence-electron chi connectivity index (χ3n) is 4.35. The molecule has 0 bridgehead atoms. The van der Waals surface area contributed by atoms with E-state index >= 15 is 0 Å². The van der Waals surface area contributed by atoms with Crippen LogP contribution in [0.2, 0.25) is 0 Å². The number of nitrogens with one attached hydrogen (secondary N) is 1. The van der Waals surface area contributed by atoms with E-state index < -0.39 is 5.91 Å². The molecule has 140 valence electrons. The van der Waals surface area contributed by atoms with E-state index in [1.165, 1.54) is 17.5 Å². The zero-order chi connectivity index (χ0) is 19.6. The average Bonchev–Trinajstić information content (AvgIpc) is 2.66. The van der Waals surface area contributed by atoms with Gasteiger partial charge in [-0.25, -0.2) is 4.98 Å². The third kappa shape index (κ3) is 3.68. The summed E-state index contributed by atoms with van der Waals surface area (Å²) in [5.41, 5.74) is 0.224. The monoisotopic (exact) mass is 367 g/mol. The molecule has 1 aliphatic rings. The van der Waals surface area contributed by atoms with E-state index in [0.29, 0.717) is 24.6 Å². The number of nitrogens with zero attached hydrogens (tertiary/aromatic N) is 4. The van der Waals surface area contributed by atoms with Crippen LogP contribution < -0.4 is 15.8 Å². The number of amides is 1. The number of anilines is 1. The van der Waals surface area contributed by atoms with Crippen molar-refractivity contribution in [3.05, 3.63) is 45.9 Å². The lowest BCUT2D eigenvalue weighted by molar-refractivity contribution is -0.116. The second kappa shape index (κ2) is 7.60. The predicted octanol–water partition coefficient (Wildman–Crippen LogP) is 0.961. The number of carbonyl (C=O) groups excluding carboxylic acids is 1. The number of likely N-dealkylation sites (N-methyl/N-ethyl adjacent to an activating group) is 1. The molecule has 1 amide bonds. The molecule has 27 heavy (non-hydrogen) atoms. The molecule has 2 atom stereocenters. The van der Waals surface area contributed by atoms with Gasteiger partial charge in [-0.05, 0) is 32.1 Å². The number of ether oxygens (including phenoxy) is 1. The zero-order valence-corrected chi connectivity index (χ0v) is 15.5. The number of pyridine rings is 1. The minimum absolute atomic E-state index is 0.0315. The van der Waals surface area contributed by atoms with Crippen molar-refractivity contribution in [3.8, 4) is 6.07 Å². The Morgan fingerprint density at radius 1 is 1.37 bits per heavy atom. The Hall–Kier alpha value is -3.18. The van der Waals surface area contributed by atoms with Gasteiger partial charge in [-0.15, -0.1) is 0 Å². The molecule has 0 saturated carbocycles. The van der Waals surface area contributed by atoms with Gasteiger partial charge in [0, 0.05) is 26.3 Å². The van der Waals surface area contributed by atoms with Crippen molar-refractivity contribution in [3.63, 3.8) is 0 Å². The second-order valence-electron chi connectivity index (χ2n) is 6.49. The lowest BCUT2D eigenvalue weighted by Crippen LogP contribution is -2.46. The molecule has 3 heterocycles. The Morgan fingerprint density at radius 2 is 2.07 bits per heavy atom. The van der Waals surface area contributed by atoms with Crippen LogP contribution >= 0.6 is 0 Å². The molecule has 2 aromatic heterocycles. The quantitative estimate of drug-likeness (QED) is 0.641. The zero-order valence-electron chi connectivity index (χ0n) is 15.5. The maximum absolute atomic E-state index is 13.1. The lowest BCUT2D eigenvalue weighted by atomic mass is 10.1. The standard InChI is InChI=1S/C19H21N5O3/c1-12-10-23(11-13(2)27-12)17-15(8-14(9-20)18(25)21-3)19(26)24-7-5-4-6-16(24)22-17/h4-8,12-13H,10-11H2,1-3H3,(H,21,25)/b14-8-/t12-,13-/m0/s1. The molecule has 2 aromatic rings. The summed E-state index contributed by atoms with van der Waals surface area (Å²) in [5, 5.41) is 11.7. The number of nitriles is 1. The molecule has 1 saturated heterocycles. The van der Waals surface area contributed by atoms with Gasteiger partial charge < -0.3 is 15.0 Å². The maximum atomic E-state index is 13.1. The molecule has 1 fully saturated rings. The summed E-state index contributed by atoms with van der Waals surface area (Å²) >= 11 is 0. The molecule has 8 nitrogen and oxygen atoms in total. The summed E-state index contributed by atoms with van der Waals surface area (Å²) in [6, 6.07) is 7.13. The van der Waals surface area contributed by atoms with Gasteiger partial charge in [0.15, 0.2) is 0 Å². The number of hydrogen-bond donors (Lipinski definition) is 1. The van der Waals surface area contributed by atoms with Crippen LogP contribution in [0.15, 0.2) is 34.8 Å². The topological polar surface area (TPSA) is 99.7 Å². The highest BCUT2D eigenvalue weighted by atomic mass is 16.5. The van der Waals surface area contributed by atoms with Crippen LogP contribution in [0.4, 0.5) is 5.82 Å². The van der Waals surface area contributed by atoms with Crippen molar-refractivity contribution in [2.45, 2.75) is 26.1 Å². The van der Waals surface area contributed by atoms with Crippen molar-refractivity contribution in [2.75, 3.05) is 25.0 Å². The average molecular weight is 367 g/mol. The number of fused-ring (bicyclic) bond motifs is 1. The fraction of sp³-hybridized carbons (Fsp3) is 0.368. The molecule has 1 aliphatic heterocycles. The Balaban J connectivity index is 2.25. The first-order chi connectivity index (χ1) is 12.9. The van der Waals surface area contributed by atoms with Gasteiger partial charge >= 0.3 is 0 Å². The van der Waals surface area contributed by atoms with Crippen LogP contribution in [0.3, 0.4) is 0 Å². The van der Waals surface area contributed by atoms with E-state index in [-0.39, 0.29) is 28.9 Å². The maximum Gasteiger partial charge on any atom is 0.267 e. The highest BCUT2D eigenvalue weighted by Gasteiger charge is 2.26. The summed E-state index contributed by atoms with van der Waals surface area (Å²) in [4.78, 5) is 31.7. The molecule has 0 radical (unpaired) electrons. The molecular weight excluding hydrogens is 346 g/mol. The number of hydrogen-bond acceptors (Lipinski definition) is 6. The Morgan fingerprint density at radius 3 is 2.70 bits per heavy atom. The Bertz CT molecular complexity index is 995. The molecule has 0 aromatic carbocycles. The van der Waals surface area contributed by atoms with Crippen LogP contribution in [0.5, 0.6) is 0 Å². The SMILES string of the molecule is CNC(=O)/C(C#N)=C\c1c(N2C[C@H](C)O[C@@H](C)C2)nc2ccccn2c1=O. The van der Waals surface area contributed by atoms with E-state index in [1.807, 2.05) is 24.8 Å². The molecule has 0 unspecified atom stereocenters. The van der Waals surface area contributed by atoms with Gasteiger partial charge in [0.05, 0.1) is 17.8 Å². The summed E-state index contributed by atoms with van der Waals surface area (Å²) in [7, 11) is 1.44. The highest BCUT2D eigenvalue weighted by Crippen LogP contribution is 2.23. The van der Waals surface area contributed by atoms with Crippen LogP contribution in [-0.4, -0.2) is 47.6 Å². The van der Waals surface area contributed by atoms with Crippen molar-refractivity contribution in [1.82, 2.24) is 14.7 Å². The fourth-order valence-corrected chi connectivity index (χ4v) is 3.24. The van der Waals surface area contributed by atoms with E-state index in [4.69, 9.17) is 4.74 Å². The van der Waals surface area contributed by atoms with E-state index in [1.54, 1.807) is 24.4 Å². The van der Waals surface area contributed by atoms with Crippen LogP contribution in [0, 0.1) is 11.3 Å². The van der Waals surface area contributed by atoms with Gasteiger partial charge in [-0.3, -0.25) is 14.0 Å². The van der Waals surface area contributed by atoms with Gasteiger partial charge in [0.1, 0.15) is 23.1 Å². The van der Waals surface area contributed by atoms with E-state index in [0.717, 1.165) is 0 Å². The Kier molecular flexibility index (Phi) is 5.23. The summed E-state index contributed by atoms with van der Waals surface area (Å²) < 4.78 is 7.17. The van der Waals surface area contributed by atoms with E-state index in [9.17, 15) is 14.9 Å². The van der Waals surface area contributed by atoms with E-state index in [2.05, 4.69) is 10.3 Å².